The van der Waals surface area contributed by atoms with Crippen LogP contribution in [0, 0.1) is 0 Å². The first kappa shape index (κ1) is 14.7. The molecule has 0 aliphatic heterocycles. The number of nitrogens with zero attached hydrogens (tertiary/aromatic N) is 1. The van der Waals surface area contributed by atoms with Crippen molar-refractivity contribution >= 4 is 11.9 Å². The van der Waals surface area contributed by atoms with Crippen LogP contribution in [0.2, 0.25) is 0 Å². The van der Waals surface area contributed by atoms with E-state index >= 15 is 0 Å². The number of aliphatic imine (C=N–C) groups is 1. The van der Waals surface area contributed by atoms with Crippen LogP contribution in [-0.4, -0.2) is 45.3 Å². The van der Waals surface area contributed by atoms with Crippen LogP contribution in [0.4, 0.5) is 0 Å². The number of carbonyl (C=O) groups is 1. The Kier molecular flexibility index (Phi) is 9.33. The topological polar surface area (TPSA) is 115 Å². The van der Waals surface area contributed by atoms with Crippen molar-refractivity contribution in [1.29, 1.82) is 0 Å². The SMILES string of the molecule is COCNCC(=O)NCCCCN=C(N)N. The van der Waals surface area contributed by atoms with Gasteiger partial charge in [-0.25, -0.2) is 0 Å². The van der Waals surface area contributed by atoms with Crippen molar-refractivity contribution < 1.29 is 9.53 Å². The van der Waals surface area contributed by atoms with E-state index < -0.39 is 0 Å². The molecule has 0 radical (unpaired) electrons. The Bertz CT molecular complexity index is 216. The molecule has 0 aromatic rings. The summed E-state index contributed by atoms with van der Waals surface area (Å²) in [6, 6.07) is 0. The highest BCUT2D eigenvalue weighted by atomic mass is 16.5. The van der Waals surface area contributed by atoms with Gasteiger partial charge in [0, 0.05) is 20.2 Å². The molecule has 7 nitrogen and oxygen atoms in total. The van der Waals surface area contributed by atoms with Crippen molar-refractivity contribution in [2.24, 2.45) is 16.5 Å². The Morgan fingerprint density at radius 1 is 1.38 bits per heavy atom. The predicted molar refractivity (Wildman–Crippen MR) is 62.8 cm³/mol. The summed E-state index contributed by atoms with van der Waals surface area (Å²) < 4.78 is 4.74. The number of nitrogens with one attached hydrogen (secondary N) is 2. The summed E-state index contributed by atoms with van der Waals surface area (Å²) in [7, 11) is 1.56. The largest absolute Gasteiger partial charge is 0.370 e. The quantitative estimate of drug-likeness (QED) is 0.164. The summed E-state index contributed by atoms with van der Waals surface area (Å²) in [5, 5.41) is 5.57. The monoisotopic (exact) mass is 231 g/mol. The van der Waals surface area contributed by atoms with Crippen LogP contribution in [0.3, 0.4) is 0 Å². The van der Waals surface area contributed by atoms with E-state index in [1.165, 1.54) is 0 Å². The summed E-state index contributed by atoms with van der Waals surface area (Å²) in [6.07, 6.45) is 1.70. The van der Waals surface area contributed by atoms with Crippen molar-refractivity contribution in [3.8, 4) is 0 Å². The minimum absolute atomic E-state index is 0.0427. The Balaban J connectivity index is 3.24. The molecule has 0 aromatic heterocycles. The second-order valence-corrected chi connectivity index (χ2v) is 3.22. The van der Waals surface area contributed by atoms with Crippen LogP contribution < -0.4 is 22.1 Å². The van der Waals surface area contributed by atoms with Gasteiger partial charge in [-0.1, -0.05) is 0 Å². The van der Waals surface area contributed by atoms with Crippen LogP contribution in [0.15, 0.2) is 4.99 Å². The lowest BCUT2D eigenvalue weighted by Crippen LogP contribution is -2.35. The number of methoxy groups -OCH3 is 1. The Morgan fingerprint density at radius 3 is 2.75 bits per heavy atom. The molecule has 1 amide bonds. The first-order valence-corrected chi connectivity index (χ1v) is 5.18. The normalized spacial score (nSPS) is 9.81. The van der Waals surface area contributed by atoms with Gasteiger partial charge in [-0.2, -0.15) is 0 Å². The molecule has 0 aliphatic carbocycles. The molecule has 7 heteroatoms. The van der Waals surface area contributed by atoms with Crippen molar-refractivity contribution in [3.05, 3.63) is 0 Å². The molecule has 0 spiro atoms. The average molecular weight is 231 g/mol. The smallest absolute Gasteiger partial charge is 0.234 e. The maximum Gasteiger partial charge on any atom is 0.234 e. The molecule has 0 aliphatic rings. The third kappa shape index (κ3) is 10.7. The number of rotatable bonds is 9. The fraction of sp³-hybridized carbons (Fsp3) is 0.778. The molecule has 0 saturated heterocycles. The zero-order valence-corrected chi connectivity index (χ0v) is 9.66. The molecular weight excluding hydrogens is 210 g/mol. The average Bonchev–Trinajstić information content (AvgIpc) is 2.23. The second kappa shape index (κ2) is 10.2. The molecule has 0 heterocycles. The van der Waals surface area contributed by atoms with E-state index in [1.54, 1.807) is 7.11 Å². The summed E-state index contributed by atoms with van der Waals surface area (Å²) in [4.78, 5) is 15.0. The van der Waals surface area contributed by atoms with Crippen LogP contribution in [0.5, 0.6) is 0 Å². The van der Waals surface area contributed by atoms with E-state index in [0.29, 0.717) is 19.8 Å². The molecule has 6 N–H and O–H groups in total. The van der Waals surface area contributed by atoms with Gasteiger partial charge in [-0.05, 0) is 12.8 Å². The van der Waals surface area contributed by atoms with Gasteiger partial charge in [0.25, 0.3) is 0 Å². The van der Waals surface area contributed by atoms with Gasteiger partial charge < -0.3 is 21.5 Å². The molecule has 0 saturated carbocycles. The number of hydrogen-bond acceptors (Lipinski definition) is 4. The molecule has 0 atom stereocenters. The molecule has 94 valence electrons. The van der Waals surface area contributed by atoms with Gasteiger partial charge in [0.2, 0.25) is 5.91 Å². The summed E-state index contributed by atoms with van der Waals surface area (Å²) in [6.45, 7) is 1.87. The van der Waals surface area contributed by atoms with Gasteiger partial charge in [0.05, 0.1) is 13.3 Å². The zero-order chi connectivity index (χ0) is 12.2. The second-order valence-electron chi connectivity index (χ2n) is 3.22. The van der Waals surface area contributed by atoms with Crippen molar-refractivity contribution in [2.45, 2.75) is 12.8 Å². The summed E-state index contributed by atoms with van der Waals surface area (Å²) in [5.41, 5.74) is 10.3. The van der Waals surface area contributed by atoms with E-state index in [1.807, 2.05) is 0 Å². The number of nitrogens with two attached hydrogens (primary N) is 2. The zero-order valence-electron chi connectivity index (χ0n) is 9.66. The van der Waals surface area contributed by atoms with Crippen molar-refractivity contribution in [1.82, 2.24) is 10.6 Å². The molecule has 0 rings (SSSR count). The minimum Gasteiger partial charge on any atom is -0.370 e. The lowest BCUT2D eigenvalue weighted by Gasteiger charge is -2.05. The number of carbonyl (C=O) groups excluding carboxylic acids is 1. The predicted octanol–water partition coefficient (Wildman–Crippen LogP) is -1.65. The lowest BCUT2D eigenvalue weighted by molar-refractivity contribution is -0.120. The van der Waals surface area contributed by atoms with Gasteiger partial charge in [0.15, 0.2) is 5.96 Å². The van der Waals surface area contributed by atoms with E-state index in [0.717, 1.165) is 12.8 Å². The highest BCUT2D eigenvalue weighted by Crippen LogP contribution is 1.87. The van der Waals surface area contributed by atoms with Crippen LogP contribution in [0.25, 0.3) is 0 Å². The number of hydrogen-bond donors (Lipinski definition) is 4. The van der Waals surface area contributed by atoms with E-state index in [4.69, 9.17) is 16.2 Å². The Hall–Kier alpha value is -1.34. The van der Waals surface area contributed by atoms with Gasteiger partial charge in [-0.3, -0.25) is 15.1 Å². The first-order valence-electron chi connectivity index (χ1n) is 5.18. The van der Waals surface area contributed by atoms with Crippen LogP contribution in [-0.2, 0) is 9.53 Å². The first-order chi connectivity index (χ1) is 7.66. The summed E-state index contributed by atoms with van der Waals surface area (Å²) >= 11 is 0. The third-order valence-electron chi connectivity index (χ3n) is 1.73. The summed E-state index contributed by atoms with van der Waals surface area (Å²) in [5.74, 6) is 0.0618. The molecule has 16 heavy (non-hydrogen) atoms. The fourth-order valence-corrected chi connectivity index (χ4v) is 1.00. The Morgan fingerprint density at radius 2 is 2.12 bits per heavy atom. The van der Waals surface area contributed by atoms with E-state index in [2.05, 4.69) is 15.6 Å². The minimum atomic E-state index is -0.0427. The van der Waals surface area contributed by atoms with Gasteiger partial charge in [0.1, 0.15) is 0 Å². The molecule has 0 bridgehead atoms. The number of amides is 1. The number of unbranched alkanes of at least 4 members (excludes halogenated alkanes) is 1. The van der Waals surface area contributed by atoms with E-state index in [-0.39, 0.29) is 18.4 Å². The third-order valence-corrected chi connectivity index (χ3v) is 1.73. The van der Waals surface area contributed by atoms with Gasteiger partial charge in [-0.15, -0.1) is 0 Å². The Labute approximate surface area is 95.6 Å². The van der Waals surface area contributed by atoms with Crippen molar-refractivity contribution in [3.63, 3.8) is 0 Å². The molecular formula is C9H21N5O2. The maximum absolute atomic E-state index is 11.2. The van der Waals surface area contributed by atoms with Gasteiger partial charge >= 0.3 is 0 Å². The lowest BCUT2D eigenvalue weighted by atomic mass is 10.3. The standard InChI is InChI=1S/C9H21N5O2/c1-16-7-12-6-8(15)13-4-2-3-5-14-9(10)11/h12H,2-7H2,1H3,(H,13,15)(H4,10,11,14). The highest BCUT2D eigenvalue weighted by molar-refractivity contribution is 5.77. The highest BCUT2D eigenvalue weighted by Gasteiger charge is 1.98. The molecule has 0 unspecified atom stereocenters. The fourth-order valence-electron chi connectivity index (χ4n) is 1.00. The number of ether oxygens (including phenoxy) is 1. The maximum atomic E-state index is 11.2. The number of guanidine groups is 1. The van der Waals surface area contributed by atoms with Crippen LogP contribution >= 0.6 is 0 Å². The molecule has 0 aromatic carbocycles. The molecule has 0 fully saturated rings. The van der Waals surface area contributed by atoms with Crippen molar-refractivity contribution in [2.75, 3.05) is 33.5 Å². The van der Waals surface area contributed by atoms with Crippen LogP contribution in [0.1, 0.15) is 12.8 Å². The van der Waals surface area contributed by atoms with E-state index in [9.17, 15) is 4.79 Å².